The molecule has 0 unspecified atom stereocenters. The molecule has 0 aromatic carbocycles. The Morgan fingerprint density at radius 2 is 2.40 bits per heavy atom. The third-order valence-corrected chi connectivity index (χ3v) is 7.06. The minimum Gasteiger partial charge on any atom is -0.381 e. The van der Waals surface area contributed by atoms with E-state index in [2.05, 4.69) is 16.3 Å². The second kappa shape index (κ2) is 5.04. The molecule has 1 spiro atoms. The van der Waals surface area contributed by atoms with Crippen LogP contribution in [0.25, 0.3) is 0 Å². The lowest BCUT2D eigenvalue weighted by Gasteiger charge is -2.27. The highest BCUT2D eigenvalue weighted by atomic mass is 32.2. The van der Waals surface area contributed by atoms with Crippen LogP contribution < -0.4 is 0 Å². The van der Waals surface area contributed by atoms with Crippen molar-refractivity contribution in [1.29, 1.82) is 0 Å². The number of fused-ring (bicyclic) bond motifs is 1. The summed E-state index contributed by atoms with van der Waals surface area (Å²) in [5.74, 6) is 1.41. The van der Waals surface area contributed by atoms with Gasteiger partial charge in [-0.15, -0.1) is 23.1 Å². The van der Waals surface area contributed by atoms with Gasteiger partial charge < -0.3 is 9.64 Å². The maximum absolute atomic E-state index is 12.9. The molecule has 4 rings (SSSR count). The molecule has 0 saturated carbocycles. The summed E-state index contributed by atoms with van der Waals surface area (Å²) < 4.78 is 5.56. The predicted molar refractivity (Wildman–Crippen MR) is 82.3 cm³/mol. The van der Waals surface area contributed by atoms with E-state index in [-0.39, 0.29) is 10.7 Å². The Morgan fingerprint density at radius 3 is 3.25 bits per heavy atom. The van der Waals surface area contributed by atoms with Crippen molar-refractivity contribution in [3.8, 4) is 0 Å². The van der Waals surface area contributed by atoms with E-state index in [1.54, 1.807) is 11.3 Å². The van der Waals surface area contributed by atoms with E-state index in [1.807, 2.05) is 11.8 Å². The lowest BCUT2D eigenvalue weighted by atomic mass is 9.87. The van der Waals surface area contributed by atoms with Crippen LogP contribution in [0.2, 0.25) is 0 Å². The first-order chi connectivity index (χ1) is 9.77. The van der Waals surface area contributed by atoms with Crippen molar-refractivity contribution >= 4 is 29.0 Å². The van der Waals surface area contributed by atoms with Crippen molar-refractivity contribution in [2.45, 2.75) is 24.5 Å². The van der Waals surface area contributed by atoms with Gasteiger partial charge in [0.15, 0.2) is 0 Å². The van der Waals surface area contributed by atoms with Gasteiger partial charge in [0.05, 0.1) is 6.61 Å². The Hall–Kier alpha value is -0.520. The summed E-state index contributed by atoms with van der Waals surface area (Å²) in [4.78, 5) is 16.4. The number of rotatable bonds is 1. The zero-order valence-electron chi connectivity index (χ0n) is 11.5. The van der Waals surface area contributed by atoms with Crippen LogP contribution in [-0.2, 0) is 16.0 Å². The minimum absolute atomic E-state index is 0.0440. The molecule has 5 heteroatoms. The van der Waals surface area contributed by atoms with Crippen molar-refractivity contribution in [2.24, 2.45) is 5.41 Å². The number of nitrogens with zero attached hydrogens (tertiary/aromatic N) is 1. The largest absolute Gasteiger partial charge is 0.381 e. The van der Waals surface area contributed by atoms with Crippen molar-refractivity contribution in [3.05, 3.63) is 21.9 Å². The summed E-state index contributed by atoms with van der Waals surface area (Å²) in [6.07, 6.45) is 3.37. The zero-order valence-corrected chi connectivity index (χ0v) is 13.1. The standard InChI is InChI=1S/C15H19NO2S2/c17-14(13-11-1-7-19-12(11)2-8-20-13)16-5-3-15(9-16)4-6-18-10-15/h1,7,13H,2-6,8-10H2/t13-,15+/m0/s1. The fraction of sp³-hybridized carbons (Fsp3) is 0.667. The normalized spacial score (nSPS) is 32.8. The molecule has 3 aliphatic rings. The zero-order chi connectivity index (χ0) is 13.6. The van der Waals surface area contributed by atoms with Crippen molar-refractivity contribution in [3.63, 3.8) is 0 Å². The first-order valence-electron chi connectivity index (χ1n) is 7.32. The molecule has 1 aromatic heterocycles. The highest BCUT2D eigenvalue weighted by Crippen LogP contribution is 2.43. The molecule has 20 heavy (non-hydrogen) atoms. The van der Waals surface area contributed by atoms with E-state index < -0.39 is 0 Å². The van der Waals surface area contributed by atoms with Gasteiger partial charge in [0.25, 0.3) is 0 Å². The summed E-state index contributed by atoms with van der Waals surface area (Å²) >= 11 is 3.62. The average molecular weight is 309 g/mol. The third kappa shape index (κ3) is 2.11. The van der Waals surface area contributed by atoms with Gasteiger partial charge in [-0.05, 0) is 42.0 Å². The van der Waals surface area contributed by atoms with Crippen LogP contribution in [0.5, 0.6) is 0 Å². The molecule has 1 amide bonds. The SMILES string of the molecule is O=C([C@H]1SCCc2sccc21)N1CC[C@@]2(CCOC2)C1. The lowest BCUT2D eigenvalue weighted by molar-refractivity contribution is -0.130. The summed E-state index contributed by atoms with van der Waals surface area (Å²) in [6.45, 7) is 3.54. The van der Waals surface area contributed by atoms with Gasteiger partial charge >= 0.3 is 0 Å². The number of likely N-dealkylation sites (tertiary alicyclic amines) is 1. The topological polar surface area (TPSA) is 29.5 Å². The highest BCUT2D eigenvalue weighted by molar-refractivity contribution is 8.00. The molecule has 2 atom stereocenters. The summed E-state index contributed by atoms with van der Waals surface area (Å²) in [7, 11) is 0. The summed E-state index contributed by atoms with van der Waals surface area (Å²) in [6, 6.07) is 2.15. The van der Waals surface area contributed by atoms with Crippen LogP contribution in [0, 0.1) is 5.41 Å². The van der Waals surface area contributed by atoms with E-state index in [1.165, 1.54) is 10.4 Å². The van der Waals surface area contributed by atoms with Gasteiger partial charge in [0.2, 0.25) is 5.91 Å². The second-order valence-corrected chi connectivity index (χ2v) is 8.33. The number of amides is 1. The number of aryl methyl sites for hydroxylation is 1. The molecular formula is C15H19NO2S2. The maximum Gasteiger partial charge on any atom is 0.240 e. The molecule has 0 bridgehead atoms. The molecule has 2 saturated heterocycles. The molecule has 4 heterocycles. The number of thiophene rings is 1. The minimum atomic E-state index is 0.0440. The number of carbonyl (C=O) groups excluding carboxylic acids is 1. The number of ether oxygens (including phenoxy) is 1. The molecule has 0 N–H and O–H groups in total. The van der Waals surface area contributed by atoms with Crippen LogP contribution >= 0.6 is 23.1 Å². The van der Waals surface area contributed by atoms with Crippen LogP contribution in [-0.4, -0.2) is 42.9 Å². The summed E-state index contributed by atoms with van der Waals surface area (Å²) in [5, 5.41) is 2.18. The fourth-order valence-corrected chi connectivity index (χ4v) is 5.99. The van der Waals surface area contributed by atoms with Crippen LogP contribution in [0.15, 0.2) is 11.4 Å². The van der Waals surface area contributed by atoms with E-state index in [9.17, 15) is 4.79 Å². The lowest BCUT2D eigenvalue weighted by Crippen LogP contribution is -2.35. The van der Waals surface area contributed by atoms with Crippen LogP contribution in [0.4, 0.5) is 0 Å². The van der Waals surface area contributed by atoms with E-state index in [0.717, 1.165) is 51.3 Å². The molecule has 3 aliphatic heterocycles. The van der Waals surface area contributed by atoms with E-state index >= 15 is 0 Å². The van der Waals surface area contributed by atoms with Gasteiger partial charge in [-0.1, -0.05) is 0 Å². The maximum atomic E-state index is 12.9. The Kier molecular flexibility index (Phi) is 3.32. The van der Waals surface area contributed by atoms with Gasteiger partial charge in [-0.3, -0.25) is 4.79 Å². The number of carbonyl (C=O) groups is 1. The molecule has 0 radical (unpaired) electrons. The Balaban J connectivity index is 1.52. The molecule has 2 fully saturated rings. The third-order valence-electron chi connectivity index (χ3n) is 4.84. The first-order valence-corrected chi connectivity index (χ1v) is 9.25. The number of hydrogen-bond acceptors (Lipinski definition) is 4. The predicted octanol–water partition coefficient (Wildman–Crippen LogP) is 2.72. The first kappa shape index (κ1) is 13.2. The number of hydrogen-bond donors (Lipinski definition) is 0. The van der Waals surface area contributed by atoms with Gasteiger partial charge in [-0.2, -0.15) is 0 Å². The van der Waals surface area contributed by atoms with Crippen LogP contribution in [0.1, 0.15) is 28.5 Å². The Morgan fingerprint density at radius 1 is 1.45 bits per heavy atom. The molecule has 3 nitrogen and oxygen atoms in total. The highest BCUT2D eigenvalue weighted by Gasteiger charge is 2.44. The number of thioether (sulfide) groups is 1. The Labute approximate surface area is 127 Å². The smallest absolute Gasteiger partial charge is 0.240 e. The monoisotopic (exact) mass is 309 g/mol. The molecule has 0 aliphatic carbocycles. The van der Waals surface area contributed by atoms with Crippen molar-refractivity contribution < 1.29 is 9.53 Å². The Bertz CT molecular complexity index is 522. The van der Waals surface area contributed by atoms with E-state index in [4.69, 9.17) is 4.74 Å². The molecule has 108 valence electrons. The quantitative estimate of drug-likeness (QED) is 0.799. The van der Waals surface area contributed by atoms with Gasteiger partial charge in [0.1, 0.15) is 5.25 Å². The second-order valence-electron chi connectivity index (χ2n) is 6.11. The van der Waals surface area contributed by atoms with Gasteiger partial charge in [0, 0.05) is 30.0 Å². The van der Waals surface area contributed by atoms with E-state index in [0.29, 0.717) is 5.91 Å². The fourth-order valence-electron chi connectivity index (χ4n) is 3.61. The molecule has 1 aromatic rings. The van der Waals surface area contributed by atoms with Crippen molar-refractivity contribution in [1.82, 2.24) is 4.90 Å². The molecular weight excluding hydrogens is 290 g/mol. The average Bonchev–Trinajstić information content (AvgIpc) is 3.19. The van der Waals surface area contributed by atoms with Crippen molar-refractivity contribution in [2.75, 3.05) is 32.1 Å². The van der Waals surface area contributed by atoms with Gasteiger partial charge in [-0.25, -0.2) is 0 Å². The van der Waals surface area contributed by atoms with Crippen LogP contribution in [0.3, 0.4) is 0 Å². The summed E-state index contributed by atoms with van der Waals surface area (Å²) in [5.41, 5.74) is 1.55.